The molecule has 3 aliphatic heterocycles. The molecule has 0 radical (unpaired) electrons. The second-order valence-corrected chi connectivity index (χ2v) is 17.4. The quantitative estimate of drug-likeness (QED) is 0.0434. The second-order valence-electron chi connectivity index (χ2n) is 17.4. The van der Waals surface area contributed by atoms with E-state index in [1.807, 2.05) is 0 Å². The summed E-state index contributed by atoms with van der Waals surface area (Å²) in [5.41, 5.74) is -1.97. The smallest absolute Gasteiger partial charge is 0.308 e. The van der Waals surface area contributed by atoms with Gasteiger partial charge in [0.2, 0.25) is 0 Å². The predicted octanol–water partition coefficient (Wildman–Crippen LogP) is 0.422. The molecule has 7 N–H and O–H groups in total. The fourth-order valence-corrected chi connectivity index (χ4v) is 8.75. The van der Waals surface area contributed by atoms with Gasteiger partial charge in [0.1, 0.15) is 42.2 Å². The maximum atomic E-state index is 13.8. The van der Waals surface area contributed by atoms with Crippen molar-refractivity contribution >= 4 is 11.7 Å². The van der Waals surface area contributed by atoms with Gasteiger partial charge in [-0.3, -0.25) is 4.79 Å². The largest absolute Gasteiger partial charge is 0.633 e. The standard InChI is InChI=1S/C41H74N2O18/c1-13-28-25(19-57-40-37(56-12)36(55-11)33(47)23(5)59-40)38(49)41(6,50)15-14-26(42-51)20(2)16-24(17-30(53-9)54-10)35(21(3)27(44)18-29(45)60-28)61-39-34(48)31(43(7,8)52)32(46)22(4)58-39/h14-15,20-25,27-28,30-40,44,46-51H,13,16-19H2,1-12H3/b15-14+,42-26-/t20-,21+,22-,23-,24-,25?,27-,28-,31+,32-,33-,34-,35-,36-,37-,38?,39+,40-,41?/m1/s1. The highest BCUT2D eigenvalue weighted by Gasteiger charge is 2.52. The van der Waals surface area contributed by atoms with Gasteiger partial charge in [-0.25, -0.2) is 0 Å². The molecule has 0 aliphatic carbocycles. The Morgan fingerprint density at radius 1 is 0.918 bits per heavy atom. The molecule has 0 spiro atoms. The molecule has 2 fully saturated rings. The molecule has 0 amide bonds. The molecular weight excluding hydrogens is 808 g/mol. The minimum Gasteiger partial charge on any atom is -0.633 e. The van der Waals surface area contributed by atoms with E-state index in [4.69, 9.17) is 42.6 Å². The third kappa shape index (κ3) is 13.3. The molecule has 2 saturated heterocycles. The molecule has 3 rings (SSSR count). The number of carbonyl (C=O) groups is 1. The number of likely N-dealkylation sites (N-methyl/N-ethyl adjacent to an activating group) is 1. The monoisotopic (exact) mass is 882 g/mol. The normalized spacial score (nSPS) is 43.9. The number of quaternary nitrogens is 1. The van der Waals surface area contributed by atoms with Crippen LogP contribution in [0.25, 0.3) is 0 Å². The molecular formula is C41H74N2O18. The van der Waals surface area contributed by atoms with E-state index < -0.39 is 138 Å². The molecule has 0 aromatic heterocycles. The van der Waals surface area contributed by atoms with Gasteiger partial charge in [0, 0.05) is 52.6 Å². The van der Waals surface area contributed by atoms with E-state index in [1.54, 1.807) is 27.7 Å². The van der Waals surface area contributed by atoms with E-state index in [-0.39, 0.29) is 31.6 Å². The predicted molar refractivity (Wildman–Crippen MR) is 217 cm³/mol. The molecule has 0 aromatic carbocycles. The van der Waals surface area contributed by atoms with Crippen LogP contribution in [0.2, 0.25) is 0 Å². The Morgan fingerprint density at radius 3 is 2.05 bits per heavy atom. The van der Waals surface area contributed by atoms with Crippen molar-refractivity contribution < 1.29 is 87.9 Å². The molecule has 3 heterocycles. The van der Waals surface area contributed by atoms with Crippen molar-refractivity contribution in [3.05, 3.63) is 17.4 Å². The fourth-order valence-electron chi connectivity index (χ4n) is 8.75. The summed E-state index contributed by atoms with van der Waals surface area (Å²) in [6.07, 6.45) is -13.7. The van der Waals surface area contributed by atoms with Crippen LogP contribution in [0, 0.1) is 28.9 Å². The number of carbonyl (C=O) groups excluding carboxylic acids is 1. The average molecular weight is 883 g/mol. The minimum absolute atomic E-state index is 0.0852. The van der Waals surface area contributed by atoms with Gasteiger partial charge >= 0.3 is 5.97 Å². The molecule has 3 unspecified atom stereocenters. The highest BCUT2D eigenvalue weighted by molar-refractivity contribution is 5.96. The lowest BCUT2D eigenvalue weighted by molar-refractivity contribution is -0.879. The Morgan fingerprint density at radius 2 is 1.51 bits per heavy atom. The Balaban J connectivity index is 2.12. The maximum Gasteiger partial charge on any atom is 0.308 e. The molecule has 0 saturated carbocycles. The number of ether oxygens (including phenoxy) is 9. The zero-order valence-corrected chi connectivity index (χ0v) is 37.7. The maximum absolute atomic E-state index is 13.8. The van der Waals surface area contributed by atoms with Gasteiger partial charge in [-0.1, -0.05) is 25.9 Å². The first-order valence-corrected chi connectivity index (χ1v) is 21.0. The Hall–Kier alpha value is -1.96. The van der Waals surface area contributed by atoms with Crippen LogP contribution in [0.4, 0.5) is 0 Å². The van der Waals surface area contributed by atoms with Crippen molar-refractivity contribution in [3.63, 3.8) is 0 Å². The summed E-state index contributed by atoms with van der Waals surface area (Å²) in [7, 11) is 8.24. The molecule has 20 heteroatoms. The lowest BCUT2D eigenvalue weighted by Gasteiger charge is -2.52. The zero-order valence-electron chi connectivity index (χ0n) is 37.7. The number of methoxy groups -OCH3 is 4. The fraction of sp³-hybridized carbons (Fsp3) is 0.902. The Labute approximate surface area is 359 Å². The molecule has 0 bridgehead atoms. The summed E-state index contributed by atoms with van der Waals surface area (Å²) in [5.74, 6) is -4.19. The third-order valence-electron chi connectivity index (χ3n) is 12.6. The lowest BCUT2D eigenvalue weighted by Crippen LogP contribution is -2.67. The Bertz CT molecular complexity index is 1390. The van der Waals surface area contributed by atoms with E-state index in [0.717, 1.165) is 0 Å². The first-order valence-electron chi connectivity index (χ1n) is 21.0. The highest BCUT2D eigenvalue weighted by atomic mass is 16.7. The second kappa shape index (κ2) is 23.3. The number of aliphatic hydroxyl groups is 6. The van der Waals surface area contributed by atoms with Crippen molar-refractivity contribution in [1.29, 1.82) is 0 Å². The van der Waals surface area contributed by atoms with Crippen LogP contribution in [-0.2, 0) is 47.4 Å². The molecule has 19 atom stereocenters. The number of allylic oxidation sites excluding steroid dienone is 1. The van der Waals surface area contributed by atoms with Crippen LogP contribution in [0.1, 0.15) is 67.2 Å². The topological polar surface area (TPSA) is 277 Å². The summed E-state index contributed by atoms with van der Waals surface area (Å²) >= 11 is 0. The highest BCUT2D eigenvalue weighted by Crippen LogP contribution is 2.37. The summed E-state index contributed by atoms with van der Waals surface area (Å²) < 4.78 is 51.7. The number of esters is 1. The van der Waals surface area contributed by atoms with E-state index >= 15 is 0 Å². The van der Waals surface area contributed by atoms with Gasteiger partial charge in [0.05, 0.1) is 63.4 Å². The van der Waals surface area contributed by atoms with Gasteiger partial charge in [-0.2, -0.15) is 0 Å². The van der Waals surface area contributed by atoms with Crippen LogP contribution in [0.5, 0.6) is 0 Å². The van der Waals surface area contributed by atoms with Gasteiger partial charge in [-0.15, -0.1) is 0 Å². The molecule has 0 aromatic rings. The number of hydrogen-bond acceptors (Lipinski definition) is 19. The number of aliphatic hydroxyl groups excluding tert-OH is 5. The van der Waals surface area contributed by atoms with E-state index in [0.29, 0.717) is 0 Å². The van der Waals surface area contributed by atoms with Gasteiger partial charge in [-0.05, 0) is 51.7 Å². The number of rotatable bonds is 13. The van der Waals surface area contributed by atoms with Crippen molar-refractivity contribution in [3.8, 4) is 0 Å². The number of hydroxylamine groups is 3. The van der Waals surface area contributed by atoms with E-state index in [2.05, 4.69) is 5.16 Å². The van der Waals surface area contributed by atoms with Gasteiger partial charge in [0.15, 0.2) is 25.0 Å². The average Bonchev–Trinajstić information content (AvgIpc) is 3.19. The van der Waals surface area contributed by atoms with E-state index in [1.165, 1.54) is 68.5 Å². The number of nitrogens with zero attached hydrogens (tertiary/aromatic N) is 2. The number of hydrogen-bond donors (Lipinski definition) is 7. The molecule has 61 heavy (non-hydrogen) atoms. The zero-order chi connectivity index (χ0) is 46.1. The summed E-state index contributed by atoms with van der Waals surface area (Å²) in [5, 5.41) is 95.6. The van der Waals surface area contributed by atoms with Gasteiger partial charge in [0.25, 0.3) is 0 Å². The van der Waals surface area contributed by atoms with Crippen LogP contribution in [-0.4, -0.2) is 199 Å². The van der Waals surface area contributed by atoms with Crippen LogP contribution >= 0.6 is 0 Å². The van der Waals surface area contributed by atoms with E-state index in [9.17, 15) is 45.8 Å². The van der Waals surface area contributed by atoms with Crippen molar-refractivity contribution in [1.82, 2.24) is 0 Å². The number of cyclic esters (lactones) is 1. The number of oxime groups is 1. The third-order valence-corrected chi connectivity index (χ3v) is 12.6. The van der Waals surface area contributed by atoms with Crippen molar-refractivity contribution in [2.24, 2.45) is 28.8 Å². The summed E-state index contributed by atoms with van der Waals surface area (Å²) in [6, 6.07) is -1.27. The first-order chi connectivity index (χ1) is 28.5. The molecule has 3 aliphatic rings. The summed E-state index contributed by atoms with van der Waals surface area (Å²) in [6.45, 7) is 9.22. The van der Waals surface area contributed by atoms with Crippen LogP contribution in [0.3, 0.4) is 0 Å². The van der Waals surface area contributed by atoms with Crippen LogP contribution in [0.15, 0.2) is 17.3 Å². The molecule has 20 nitrogen and oxygen atoms in total. The SMILES string of the molecule is CC[C@H]1OC(=O)C[C@@H](O)[C@H](C)[C@@H](O[C@@H]2O[C@H](C)[C@@H](O)[C@H]([N+](C)(C)[O-])[C@H]2O)[C@@H](CC(OC)OC)C[C@@H](C)C(=N\O)/C=C/C(C)(O)C(O)C1CO[C@@H]1O[C@H](C)[C@@H](O)[C@@H](OC)[C@H]1OC. The van der Waals surface area contributed by atoms with Crippen molar-refractivity contribution in [2.75, 3.05) is 49.1 Å². The van der Waals surface area contributed by atoms with Gasteiger partial charge < -0.3 is 88.3 Å². The molecule has 356 valence electrons. The van der Waals surface area contributed by atoms with Crippen LogP contribution < -0.4 is 0 Å². The summed E-state index contributed by atoms with van der Waals surface area (Å²) in [4.78, 5) is 13.8. The van der Waals surface area contributed by atoms with Crippen molar-refractivity contribution in [2.45, 2.75) is 165 Å². The Kier molecular flexibility index (Phi) is 20.4. The minimum atomic E-state index is -2.05. The lowest BCUT2D eigenvalue weighted by atomic mass is 9.78. The first kappa shape index (κ1) is 53.4.